The molecule has 0 aliphatic rings. The lowest BCUT2D eigenvalue weighted by atomic mass is 9.98. The summed E-state index contributed by atoms with van der Waals surface area (Å²) in [7, 11) is 0. The maximum Gasteiger partial charge on any atom is 0.355 e. The van der Waals surface area contributed by atoms with Gasteiger partial charge in [-0.1, -0.05) is 30.3 Å². The fraction of sp³-hybridized carbons (Fsp3) is 0.125. The van der Waals surface area contributed by atoms with Crippen LogP contribution >= 0.6 is 0 Å². The Morgan fingerprint density at radius 3 is 2.52 bits per heavy atom. The molecule has 0 bridgehead atoms. The molecule has 0 fully saturated rings. The second kappa shape index (κ2) is 8.79. The van der Waals surface area contributed by atoms with Crippen LogP contribution in [0.15, 0.2) is 66.9 Å². The first-order valence-corrected chi connectivity index (χ1v) is 9.88. The van der Waals surface area contributed by atoms with Gasteiger partial charge in [0.25, 0.3) is 0 Å². The number of hydrogen-bond donors (Lipinski definition) is 2. The second-order valence-electron chi connectivity index (χ2n) is 6.86. The normalized spacial score (nSPS) is 10.7. The summed E-state index contributed by atoms with van der Waals surface area (Å²) < 4.78 is 18.4. The van der Waals surface area contributed by atoms with Crippen LogP contribution in [0.4, 0.5) is 16.0 Å². The number of aryl methyl sites for hydroxylation is 1. The zero-order valence-electron chi connectivity index (χ0n) is 17.1. The number of aromatic amines is 1. The molecule has 2 aromatic heterocycles. The largest absolute Gasteiger partial charge is 0.461 e. The minimum atomic E-state index is -0.422. The molecule has 2 aromatic carbocycles. The molecule has 0 spiro atoms. The van der Waals surface area contributed by atoms with Crippen LogP contribution in [0.5, 0.6) is 0 Å². The van der Waals surface area contributed by atoms with E-state index in [-0.39, 0.29) is 12.4 Å². The molecule has 0 atom stereocenters. The molecule has 0 radical (unpaired) electrons. The highest BCUT2D eigenvalue weighted by Gasteiger charge is 2.24. The van der Waals surface area contributed by atoms with Crippen LogP contribution in [0, 0.1) is 12.7 Å². The van der Waals surface area contributed by atoms with Crippen molar-refractivity contribution in [2.45, 2.75) is 13.8 Å². The van der Waals surface area contributed by atoms with Crippen LogP contribution in [-0.2, 0) is 4.74 Å². The van der Waals surface area contributed by atoms with Gasteiger partial charge in [-0.3, -0.25) is 0 Å². The van der Waals surface area contributed by atoms with Gasteiger partial charge in [0.15, 0.2) is 0 Å². The van der Waals surface area contributed by atoms with Crippen molar-refractivity contribution in [3.63, 3.8) is 0 Å². The number of hydrogen-bond acceptors (Lipinski definition) is 5. The Hall–Kier alpha value is -4.00. The number of nitrogens with one attached hydrogen (secondary N) is 2. The third-order valence-electron chi connectivity index (χ3n) is 4.74. The number of benzene rings is 2. The summed E-state index contributed by atoms with van der Waals surface area (Å²) in [5.41, 5.74) is 4.86. The summed E-state index contributed by atoms with van der Waals surface area (Å²) in [6.07, 6.45) is 1.64. The van der Waals surface area contributed by atoms with Crippen molar-refractivity contribution in [1.82, 2.24) is 15.0 Å². The van der Waals surface area contributed by atoms with E-state index in [9.17, 15) is 9.18 Å². The van der Waals surface area contributed by atoms with E-state index in [1.54, 1.807) is 31.3 Å². The quantitative estimate of drug-likeness (QED) is 0.405. The van der Waals surface area contributed by atoms with E-state index in [0.717, 1.165) is 22.4 Å². The molecular weight excluding hydrogens is 395 g/mol. The highest BCUT2D eigenvalue weighted by molar-refractivity contribution is 6.01. The predicted molar refractivity (Wildman–Crippen MR) is 118 cm³/mol. The Balaban J connectivity index is 1.80. The SMILES string of the molecule is CCOC(=O)c1[nH]c(C)c(-c2ccnc(Nc3ccc(F)cc3)n2)c1-c1ccccc1. The highest BCUT2D eigenvalue weighted by Crippen LogP contribution is 2.37. The number of halogens is 1. The number of H-pyrrole nitrogens is 1. The minimum Gasteiger partial charge on any atom is -0.461 e. The number of ether oxygens (including phenoxy) is 1. The standard InChI is InChI=1S/C24H21FN4O2/c1-3-31-23(30)22-21(16-7-5-4-6-8-16)20(15(2)27-22)19-13-14-26-24(29-19)28-18-11-9-17(25)10-12-18/h4-14,27H,3H2,1-2H3,(H,26,28,29). The molecule has 0 aliphatic heterocycles. The number of anilines is 2. The summed E-state index contributed by atoms with van der Waals surface area (Å²) in [5, 5.41) is 3.08. The molecule has 0 unspecified atom stereocenters. The summed E-state index contributed by atoms with van der Waals surface area (Å²) >= 11 is 0. The van der Waals surface area contributed by atoms with Crippen molar-refractivity contribution in [3.8, 4) is 22.4 Å². The van der Waals surface area contributed by atoms with Gasteiger partial charge in [-0.25, -0.2) is 19.2 Å². The van der Waals surface area contributed by atoms with Crippen LogP contribution in [0.2, 0.25) is 0 Å². The van der Waals surface area contributed by atoms with Crippen LogP contribution in [-0.4, -0.2) is 27.5 Å². The molecule has 0 aliphatic carbocycles. The third-order valence-corrected chi connectivity index (χ3v) is 4.74. The summed E-state index contributed by atoms with van der Waals surface area (Å²) in [4.78, 5) is 24.7. The zero-order chi connectivity index (χ0) is 21.8. The summed E-state index contributed by atoms with van der Waals surface area (Å²) in [6.45, 7) is 3.94. The molecule has 0 saturated carbocycles. The van der Waals surface area contributed by atoms with Gasteiger partial charge >= 0.3 is 5.97 Å². The second-order valence-corrected chi connectivity index (χ2v) is 6.86. The van der Waals surface area contributed by atoms with E-state index in [2.05, 4.69) is 20.3 Å². The third kappa shape index (κ3) is 4.30. The Bertz CT molecular complexity index is 1200. The monoisotopic (exact) mass is 416 g/mol. The molecule has 4 aromatic rings. The van der Waals surface area contributed by atoms with Crippen molar-refractivity contribution in [1.29, 1.82) is 0 Å². The van der Waals surface area contributed by atoms with Gasteiger partial charge in [-0.05, 0) is 49.7 Å². The molecule has 6 nitrogen and oxygen atoms in total. The van der Waals surface area contributed by atoms with Crippen molar-refractivity contribution in [3.05, 3.63) is 84.1 Å². The topological polar surface area (TPSA) is 79.9 Å². The molecule has 0 saturated heterocycles. The average Bonchev–Trinajstić information content (AvgIpc) is 3.13. The fourth-order valence-corrected chi connectivity index (χ4v) is 3.42. The number of rotatable bonds is 6. The molecule has 2 N–H and O–H groups in total. The van der Waals surface area contributed by atoms with Crippen molar-refractivity contribution in [2.24, 2.45) is 0 Å². The van der Waals surface area contributed by atoms with Crippen molar-refractivity contribution >= 4 is 17.6 Å². The van der Waals surface area contributed by atoms with Crippen LogP contribution < -0.4 is 5.32 Å². The molecule has 156 valence electrons. The molecule has 7 heteroatoms. The van der Waals surface area contributed by atoms with Crippen LogP contribution in [0.3, 0.4) is 0 Å². The number of carbonyl (C=O) groups is 1. The van der Waals surface area contributed by atoms with Gasteiger partial charge in [0.2, 0.25) is 5.95 Å². The Kier molecular flexibility index (Phi) is 5.75. The van der Waals surface area contributed by atoms with Gasteiger partial charge in [-0.15, -0.1) is 0 Å². The first kappa shape index (κ1) is 20.3. The predicted octanol–water partition coefficient (Wildman–Crippen LogP) is 5.51. The maximum atomic E-state index is 13.2. The van der Waals surface area contributed by atoms with E-state index in [0.29, 0.717) is 23.0 Å². The maximum absolute atomic E-state index is 13.2. The number of carbonyl (C=O) groups excluding carboxylic acids is 1. The molecule has 2 heterocycles. The summed E-state index contributed by atoms with van der Waals surface area (Å²) in [6, 6.07) is 17.4. The number of esters is 1. The van der Waals surface area contributed by atoms with E-state index in [1.165, 1.54) is 12.1 Å². The van der Waals surface area contributed by atoms with Gasteiger partial charge in [0, 0.05) is 28.7 Å². The van der Waals surface area contributed by atoms with E-state index in [1.807, 2.05) is 37.3 Å². The first-order chi connectivity index (χ1) is 15.1. The van der Waals surface area contributed by atoms with E-state index >= 15 is 0 Å². The molecule has 0 amide bonds. The lowest BCUT2D eigenvalue weighted by Crippen LogP contribution is -2.06. The minimum absolute atomic E-state index is 0.277. The lowest BCUT2D eigenvalue weighted by molar-refractivity contribution is 0.0521. The number of aromatic nitrogens is 3. The van der Waals surface area contributed by atoms with Crippen molar-refractivity contribution in [2.75, 3.05) is 11.9 Å². The Labute approximate surface area is 179 Å². The molecule has 4 rings (SSSR count). The van der Waals surface area contributed by atoms with Crippen molar-refractivity contribution < 1.29 is 13.9 Å². The number of nitrogens with zero attached hydrogens (tertiary/aromatic N) is 2. The smallest absolute Gasteiger partial charge is 0.355 e. The Morgan fingerprint density at radius 2 is 1.81 bits per heavy atom. The van der Waals surface area contributed by atoms with Crippen LogP contribution in [0.1, 0.15) is 23.1 Å². The van der Waals surface area contributed by atoms with Crippen LogP contribution in [0.25, 0.3) is 22.4 Å². The highest BCUT2D eigenvalue weighted by atomic mass is 19.1. The van der Waals surface area contributed by atoms with Gasteiger partial charge in [0.05, 0.1) is 12.3 Å². The molecular formula is C24H21FN4O2. The fourth-order valence-electron chi connectivity index (χ4n) is 3.42. The molecule has 31 heavy (non-hydrogen) atoms. The van der Waals surface area contributed by atoms with E-state index in [4.69, 9.17) is 4.74 Å². The van der Waals surface area contributed by atoms with Gasteiger partial charge in [-0.2, -0.15) is 0 Å². The van der Waals surface area contributed by atoms with E-state index < -0.39 is 5.97 Å². The van der Waals surface area contributed by atoms with Gasteiger partial charge < -0.3 is 15.0 Å². The average molecular weight is 416 g/mol. The Morgan fingerprint density at radius 1 is 1.06 bits per heavy atom. The lowest BCUT2D eigenvalue weighted by Gasteiger charge is -2.10. The van der Waals surface area contributed by atoms with Gasteiger partial charge in [0.1, 0.15) is 11.5 Å². The summed E-state index contributed by atoms with van der Waals surface area (Å²) in [5.74, 6) is -0.377. The first-order valence-electron chi connectivity index (χ1n) is 9.88. The zero-order valence-corrected chi connectivity index (χ0v) is 17.1.